The van der Waals surface area contributed by atoms with Gasteiger partial charge in [-0.15, -0.1) is 0 Å². The Bertz CT molecular complexity index is 480. The second kappa shape index (κ2) is 10.3. The molecule has 134 valence electrons. The van der Waals surface area contributed by atoms with Crippen molar-refractivity contribution in [3.8, 4) is 0 Å². The van der Waals surface area contributed by atoms with Crippen LogP contribution < -0.4 is 5.32 Å². The first kappa shape index (κ1) is 18.7. The average Bonchev–Trinajstić information content (AvgIpc) is 3.06. The molecular formula is C19H32N4O. The summed E-state index contributed by atoms with van der Waals surface area (Å²) in [6.07, 6.45) is 9.39. The predicted octanol–water partition coefficient (Wildman–Crippen LogP) is 3.27. The van der Waals surface area contributed by atoms with E-state index < -0.39 is 0 Å². The van der Waals surface area contributed by atoms with Gasteiger partial charge >= 0.3 is 6.03 Å². The molecule has 1 atom stereocenters. The zero-order valence-corrected chi connectivity index (χ0v) is 15.2. The summed E-state index contributed by atoms with van der Waals surface area (Å²) in [5.74, 6) is 0. The maximum Gasteiger partial charge on any atom is 0.317 e. The Kier molecular flexibility index (Phi) is 8.02. The van der Waals surface area contributed by atoms with Gasteiger partial charge in [-0.3, -0.25) is 9.88 Å². The van der Waals surface area contributed by atoms with Crippen LogP contribution in [0.4, 0.5) is 4.79 Å². The Hall–Kier alpha value is -1.62. The van der Waals surface area contributed by atoms with Gasteiger partial charge in [0.15, 0.2) is 0 Å². The molecule has 2 heterocycles. The number of unbranched alkanes of at least 4 members (excludes halogenated alkanes) is 2. The largest absolute Gasteiger partial charge is 0.338 e. The van der Waals surface area contributed by atoms with Gasteiger partial charge in [0.1, 0.15) is 0 Å². The summed E-state index contributed by atoms with van der Waals surface area (Å²) in [6.45, 7) is 8.81. The van der Waals surface area contributed by atoms with Crippen LogP contribution in [-0.4, -0.2) is 53.0 Å². The number of hydrogen-bond donors (Lipinski definition) is 1. The third kappa shape index (κ3) is 5.78. The number of urea groups is 1. The minimum atomic E-state index is 0.0610. The fraction of sp³-hybridized carbons (Fsp3) is 0.684. The van der Waals surface area contributed by atoms with E-state index in [0.29, 0.717) is 12.6 Å². The molecule has 1 unspecified atom stereocenters. The van der Waals surface area contributed by atoms with Gasteiger partial charge < -0.3 is 10.2 Å². The average molecular weight is 332 g/mol. The van der Waals surface area contributed by atoms with Gasteiger partial charge in [0, 0.05) is 38.1 Å². The van der Waals surface area contributed by atoms with E-state index in [0.717, 1.165) is 44.6 Å². The number of carbonyl (C=O) groups excluding carboxylic acids is 1. The Morgan fingerprint density at radius 3 is 2.83 bits per heavy atom. The second-order valence-electron chi connectivity index (χ2n) is 6.60. The molecule has 2 amide bonds. The zero-order chi connectivity index (χ0) is 17.2. The van der Waals surface area contributed by atoms with Crippen LogP contribution in [0.15, 0.2) is 24.5 Å². The summed E-state index contributed by atoms with van der Waals surface area (Å²) in [7, 11) is 0. The van der Waals surface area contributed by atoms with E-state index in [1.165, 1.54) is 19.3 Å². The van der Waals surface area contributed by atoms with Crippen LogP contribution in [0.1, 0.15) is 51.5 Å². The normalized spacial score (nSPS) is 17.8. The van der Waals surface area contributed by atoms with Crippen LogP contribution in [0.25, 0.3) is 0 Å². The molecule has 1 N–H and O–H groups in total. The number of nitrogens with zero attached hydrogens (tertiary/aromatic N) is 3. The van der Waals surface area contributed by atoms with Crippen LogP contribution in [0.3, 0.4) is 0 Å². The quantitative estimate of drug-likeness (QED) is 0.706. The number of nitrogens with one attached hydrogen (secondary N) is 1. The Balaban J connectivity index is 1.96. The zero-order valence-electron chi connectivity index (χ0n) is 15.2. The molecule has 1 saturated heterocycles. The van der Waals surface area contributed by atoms with Crippen LogP contribution >= 0.6 is 0 Å². The van der Waals surface area contributed by atoms with Gasteiger partial charge in [0.25, 0.3) is 0 Å². The van der Waals surface area contributed by atoms with Crippen LogP contribution in [0.2, 0.25) is 0 Å². The van der Waals surface area contributed by atoms with E-state index in [9.17, 15) is 4.79 Å². The number of likely N-dealkylation sites (N-methyl/N-ethyl adjacent to an activating group) is 1. The molecule has 2 rings (SSSR count). The number of rotatable bonds is 9. The molecule has 24 heavy (non-hydrogen) atoms. The van der Waals surface area contributed by atoms with Gasteiger partial charge in [-0.05, 0) is 50.0 Å². The molecule has 0 saturated carbocycles. The minimum Gasteiger partial charge on any atom is -0.338 e. The molecule has 1 aliphatic heterocycles. The highest BCUT2D eigenvalue weighted by Crippen LogP contribution is 2.18. The molecule has 0 spiro atoms. The highest BCUT2D eigenvalue weighted by molar-refractivity contribution is 5.74. The fourth-order valence-electron chi connectivity index (χ4n) is 3.38. The lowest BCUT2D eigenvalue weighted by Gasteiger charge is -2.30. The van der Waals surface area contributed by atoms with E-state index in [1.807, 2.05) is 17.0 Å². The maximum atomic E-state index is 12.7. The molecule has 0 aromatic carbocycles. The lowest BCUT2D eigenvalue weighted by molar-refractivity contribution is 0.164. The lowest BCUT2D eigenvalue weighted by Crippen LogP contribution is -2.46. The summed E-state index contributed by atoms with van der Waals surface area (Å²) in [6, 6.07) is 4.52. The molecule has 1 aromatic heterocycles. The summed E-state index contributed by atoms with van der Waals surface area (Å²) in [5.41, 5.74) is 1.13. The third-order valence-electron chi connectivity index (χ3n) is 4.80. The van der Waals surface area contributed by atoms with Crippen molar-refractivity contribution >= 4 is 6.03 Å². The van der Waals surface area contributed by atoms with E-state index in [4.69, 9.17) is 0 Å². The van der Waals surface area contributed by atoms with Crippen molar-refractivity contribution in [3.63, 3.8) is 0 Å². The molecule has 0 bridgehead atoms. The second-order valence-corrected chi connectivity index (χ2v) is 6.60. The number of hydrogen-bond acceptors (Lipinski definition) is 3. The highest BCUT2D eigenvalue weighted by atomic mass is 16.2. The van der Waals surface area contributed by atoms with Crippen molar-refractivity contribution in [1.29, 1.82) is 0 Å². The third-order valence-corrected chi connectivity index (χ3v) is 4.80. The van der Waals surface area contributed by atoms with E-state index >= 15 is 0 Å². The number of pyridine rings is 1. The summed E-state index contributed by atoms with van der Waals surface area (Å²) in [4.78, 5) is 21.2. The van der Waals surface area contributed by atoms with E-state index in [-0.39, 0.29) is 6.03 Å². The van der Waals surface area contributed by atoms with Crippen LogP contribution in [-0.2, 0) is 6.54 Å². The lowest BCUT2D eigenvalue weighted by atomic mass is 10.2. The maximum absolute atomic E-state index is 12.7. The van der Waals surface area contributed by atoms with Gasteiger partial charge in [-0.2, -0.15) is 0 Å². The topological polar surface area (TPSA) is 48.5 Å². The molecule has 0 aliphatic carbocycles. The first-order chi connectivity index (χ1) is 11.7. The minimum absolute atomic E-state index is 0.0610. The number of carbonyl (C=O) groups is 1. The van der Waals surface area contributed by atoms with Gasteiger partial charge in [-0.25, -0.2) is 4.79 Å². The molecule has 5 nitrogen and oxygen atoms in total. The Labute approximate surface area is 146 Å². The smallest absolute Gasteiger partial charge is 0.317 e. The van der Waals surface area contributed by atoms with Gasteiger partial charge in [0.2, 0.25) is 0 Å². The first-order valence-electron chi connectivity index (χ1n) is 9.40. The molecule has 5 heteroatoms. The van der Waals surface area contributed by atoms with Crippen molar-refractivity contribution < 1.29 is 4.79 Å². The number of aromatic nitrogens is 1. The Morgan fingerprint density at radius 1 is 1.33 bits per heavy atom. The van der Waals surface area contributed by atoms with Crippen molar-refractivity contribution in [2.24, 2.45) is 0 Å². The first-order valence-corrected chi connectivity index (χ1v) is 9.40. The predicted molar refractivity (Wildman–Crippen MR) is 97.8 cm³/mol. The van der Waals surface area contributed by atoms with E-state index in [2.05, 4.69) is 29.0 Å². The summed E-state index contributed by atoms with van der Waals surface area (Å²) >= 11 is 0. The van der Waals surface area contributed by atoms with Gasteiger partial charge in [-0.1, -0.05) is 26.7 Å². The molecule has 1 aromatic rings. The summed E-state index contributed by atoms with van der Waals surface area (Å²) in [5, 5.41) is 3.10. The van der Waals surface area contributed by atoms with Crippen LogP contribution in [0, 0.1) is 0 Å². The fourth-order valence-corrected chi connectivity index (χ4v) is 3.38. The van der Waals surface area contributed by atoms with Crippen molar-refractivity contribution in [2.75, 3.05) is 26.2 Å². The highest BCUT2D eigenvalue weighted by Gasteiger charge is 2.27. The molecular weight excluding hydrogens is 300 g/mol. The van der Waals surface area contributed by atoms with E-state index in [1.54, 1.807) is 12.4 Å². The SMILES string of the molecule is CCCCCNC(=O)N(Cc1ccncc1)CC1CCCN1CC. The van der Waals surface area contributed by atoms with Crippen LogP contribution in [0.5, 0.6) is 0 Å². The molecule has 1 aliphatic rings. The van der Waals surface area contributed by atoms with Crippen molar-refractivity contribution in [3.05, 3.63) is 30.1 Å². The summed E-state index contributed by atoms with van der Waals surface area (Å²) < 4.78 is 0. The number of likely N-dealkylation sites (tertiary alicyclic amines) is 1. The van der Waals surface area contributed by atoms with Gasteiger partial charge in [0.05, 0.1) is 0 Å². The standard InChI is InChI=1S/C19H32N4O/c1-3-5-6-11-21-19(24)23(15-17-9-12-20-13-10-17)16-18-8-7-14-22(18)4-2/h9-10,12-13,18H,3-8,11,14-16H2,1-2H3,(H,21,24). The monoisotopic (exact) mass is 332 g/mol. The Morgan fingerprint density at radius 2 is 2.12 bits per heavy atom. The van der Waals surface area contributed by atoms with Crippen molar-refractivity contribution in [2.45, 2.75) is 58.5 Å². The van der Waals surface area contributed by atoms with Crippen molar-refractivity contribution in [1.82, 2.24) is 20.1 Å². The number of amides is 2. The molecule has 0 radical (unpaired) electrons. The molecule has 1 fully saturated rings.